The normalized spacial score (nSPS) is 14.2. The van der Waals surface area contributed by atoms with Crippen LogP contribution in [-0.4, -0.2) is 51.9 Å². The lowest BCUT2D eigenvalue weighted by molar-refractivity contribution is -0.384. The van der Waals surface area contributed by atoms with Crippen LogP contribution in [-0.2, 0) is 4.74 Å². The van der Waals surface area contributed by atoms with Gasteiger partial charge in [-0.2, -0.15) is 20.1 Å². The third-order valence-electron chi connectivity index (χ3n) is 4.77. The van der Waals surface area contributed by atoms with Crippen LogP contribution < -0.4 is 15.6 Å². The summed E-state index contributed by atoms with van der Waals surface area (Å²) in [5, 5.41) is 18.4. The zero-order chi connectivity index (χ0) is 22.3. The number of para-hydroxylation sites is 1. The summed E-state index contributed by atoms with van der Waals surface area (Å²) in [4.78, 5) is 25.9. The van der Waals surface area contributed by atoms with Crippen molar-refractivity contribution in [1.29, 1.82) is 0 Å². The van der Waals surface area contributed by atoms with E-state index in [1.54, 1.807) is 19.1 Å². The average molecular weight is 434 g/mol. The molecule has 0 amide bonds. The van der Waals surface area contributed by atoms with Gasteiger partial charge in [-0.3, -0.25) is 10.1 Å². The van der Waals surface area contributed by atoms with Crippen molar-refractivity contribution in [2.24, 2.45) is 5.10 Å². The van der Waals surface area contributed by atoms with Gasteiger partial charge in [0.25, 0.3) is 5.69 Å². The number of hydrazone groups is 1. The first-order valence-electron chi connectivity index (χ1n) is 10.0. The summed E-state index contributed by atoms with van der Waals surface area (Å²) in [6.45, 7) is 4.36. The summed E-state index contributed by atoms with van der Waals surface area (Å²) in [5.41, 5.74) is 5.13. The molecule has 0 unspecified atom stereocenters. The van der Waals surface area contributed by atoms with Gasteiger partial charge in [0.05, 0.1) is 23.8 Å². The fourth-order valence-electron chi connectivity index (χ4n) is 3.05. The Morgan fingerprint density at radius 1 is 1.03 bits per heavy atom. The van der Waals surface area contributed by atoms with Crippen molar-refractivity contribution in [3.05, 3.63) is 70.3 Å². The molecular weight excluding hydrogens is 412 g/mol. The third-order valence-corrected chi connectivity index (χ3v) is 4.77. The average Bonchev–Trinajstić information content (AvgIpc) is 2.83. The number of ether oxygens (including phenoxy) is 1. The highest BCUT2D eigenvalue weighted by Crippen LogP contribution is 2.19. The highest BCUT2D eigenvalue weighted by atomic mass is 16.6. The van der Waals surface area contributed by atoms with E-state index in [1.165, 1.54) is 12.1 Å². The van der Waals surface area contributed by atoms with Crippen LogP contribution >= 0.6 is 0 Å². The Morgan fingerprint density at radius 2 is 1.72 bits per heavy atom. The van der Waals surface area contributed by atoms with Gasteiger partial charge in [0.15, 0.2) is 0 Å². The lowest BCUT2D eigenvalue weighted by Gasteiger charge is -2.27. The smallest absolute Gasteiger partial charge is 0.269 e. The zero-order valence-electron chi connectivity index (χ0n) is 17.4. The first-order chi connectivity index (χ1) is 15.6. The minimum absolute atomic E-state index is 0.0266. The summed E-state index contributed by atoms with van der Waals surface area (Å²) in [6.07, 6.45) is 0. The molecule has 2 N–H and O–H groups in total. The molecule has 2 aromatic carbocycles. The van der Waals surface area contributed by atoms with E-state index in [2.05, 4.69) is 30.8 Å². The predicted molar refractivity (Wildman–Crippen MR) is 122 cm³/mol. The second-order valence-electron chi connectivity index (χ2n) is 6.99. The molecule has 11 heteroatoms. The molecule has 3 aromatic rings. The Labute approximate surface area is 184 Å². The largest absolute Gasteiger partial charge is 0.378 e. The molecule has 0 radical (unpaired) electrons. The monoisotopic (exact) mass is 434 g/mol. The Hall–Kier alpha value is -4.12. The number of nitro groups is 1. The molecule has 164 valence electrons. The Morgan fingerprint density at radius 3 is 2.41 bits per heavy atom. The van der Waals surface area contributed by atoms with Crippen molar-refractivity contribution in [1.82, 2.24) is 15.0 Å². The molecule has 32 heavy (non-hydrogen) atoms. The molecule has 0 aliphatic carbocycles. The summed E-state index contributed by atoms with van der Waals surface area (Å²) in [5.74, 6) is 1.19. The van der Waals surface area contributed by atoms with E-state index in [4.69, 9.17) is 4.74 Å². The van der Waals surface area contributed by atoms with Gasteiger partial charge in [-0.05, 0) is 36.8 Å². The molecule has 11 nitrogen and oxygen atoms in total. The summed E-state index contributed by atoms with van der Waals surface area (Å²) in [6, 6.07) is 15.8. The van der Waals surface area contributed by atoms with Crippen molar-refractivity contribution >= 4 is 34.9 Å². The molecule has 2 heterocycles. The quantitative estimate of drug-likeness (QED) is 0.327. The number of anilines is 4. The molecule has 0 bridgehead atoms. The third kappa shape index (κ3) is 5.32. The van der Waals surface area contributed by atoms with E-state index in [0.717, 1.165) is 11.3 Å². The highest BCUT2D eigenvalue weighted by Gasteiger charge is 2.17. The maximum absolute atomic E-state index is 10.8. The number of non-ortho nitro benzene ring substituents is 1. The van der Waals surface area contributed by atoms with Gasteiger partial charge < -0.3 is 15.0 Å². The van der Waals surface area contributed by atoms with E-state index in [-0.39, 0.29) is 11.6 Å². The number of rotatable bonds is 7. The molecular formula is C21H22N8O3. The minimum atomic E-state index is -0.437. The summed E-state index contributed by atoms with van der Waals surface area (Å²) < 4.78 is 5.42. The molecule has 0 spiro atoms. The topological polar surface area (TPSA) is 131 Å². The number of nitrogens with one attached hydrogen (secondary N) is 2. The number of hydrogen-bond acceptors (Lipinski definition) is 10. The zero-order valence-corrected chi connectivity index (χ0v) is 17.4. The number of nitrogens with zero attached hydrogens (tertiary/aromatic N) is 6. The summed E-state index contributed by atoms with van der Waals surface area (Å²) >= 11 is 0. The second kappa shape index (κ2) is 9.79. The van der Waals surface area contributed by atoms with E-state index in [9.17, 15) is 10.1 Å². The van der Waals surface area contributed by atoms with Crippen molar-refractivity contribution < 1.29 is 9.66 Å². The van der Waals surface area contributed by atoms with Crippen LogP contribution in [0.1, 0.15) is 12.5 Å². The molecule has 1 aliphatic heterocycles. The standard InChI is InChI=1S/C21H22N8O3/c1-15(16-7-9-18(10-8-16)29(30)31)26-27-20-23-19(22-17-5-3-2-4-6-17)24-21(25-20)28-11-13-32-14-12-28/h2-10H,11-14H2,1H3,(H2,22,23,24,25,27)/b26-15-. The Bertz CT molecular complexity index is 1100. The van der Waals surface area contributed by atoms with Gasteiger partial charge in [0.1, 0.15) is 0 Å². The Kier molecular flexibility index (Phi) is 6.46. The van der Waals surface area contributed by atoms with Gasteiger partial charge in [-0.1, -0.05) is 18.2 Å². The number of morpholine rings is 1. The van der Waals surface area contributed by atoms with Crippen LogP contribution in [0.15, 0.2) is 59.7 Å². The van der Waals surface area contributed by atoms with Gasteiger partial charge in [0, 0.05) is 30.9 Å². The van der Waals surface area contributed by atoms with Crippen LogP contribution in [0.3, 0.4) is 0 Å². The van der Waals surface area contributed by atoms with Crippen LogP contribution in [0.4, 0.5) is 29.2 Å². The molecule has 0 atom stereocenters. The molecule has 4 rings (SSSR count). The maximum atomic E-state index is 10.8. The van der Waals surface area contributed by atoms with Crippen molar-refractivity contribution in [3.8, 4) is 0 Å². The van der Waals surface area contributed by atoms with Crippen molar-refractivity contribution in [3.63, 3.8) is 0 Å². The predicted octanol–water partition coefficient (Wildman–Crippen LogP) is 3.20. The number of nitro benzene ring substituents is 1. The fourth-order valence-corrected chi connectivity index (χ4v) is 3.05. The van der Waals surface area contributed by atoms with E-state index >= 15 is 0 Å². The second-order valence-corrected chi connectivity index (χ2v) is 6.99. The van der Waals surface area contributed by atoms with E-state index in [1.807, 2.05) is 35.2 Å². The van der Waals surface area contributed by atoms with Crippen LogP contribution in [0.2, 0.25) is 0 Å². The van der Waals surface area contributed by atoms with Crippen molar-refractivity contribution in [2.75, 3.05) is 41.9 Å². The van der Waals surface area contributed by atoms with Crippen LogP contribution in [0.5, 0.6) is 0 Å². The van der Waals surface area contributed by atoms with E-state index < -0.39 is 4.92 Å². The number of benzene rings is 2. The number of aromatic nitrogens is 3. The first kappa shape index (κ1) is 21.1. The lowest BCUT2D eigenvalue weighted by atomic mass is 10.1. The van der Waals surface area contributed by atoms with E-state index in [0.29, 0.717) is 43.9 Å². The lowest BCUT2D eigenvalue weighted by Crippen LogP contribution is -2.37. The van der Waals surface area contributed by atoms with Gasteiger partial charge in [-0.15, -0.1) is 0 Å². The Balaban J connectivity index is 1.57. The van der Waals surface area contributed by atoms with Gasteiger partial charge in [-0.25, -0.2) is 5.43 Å². The molecule has 1 fully saturated rings. The van der Waals surface area contributed by atoms with Gasteiger partial charge >= 0.3 is 0 Å². The van der Waals surface area contributed by atoms with Gasteiger partial charge in [0.2, 0.25) is 17.8 Å². The van der Waals surface area contributed by atoms with Crippen LogP contribution in [0.25, 0.3) is 0 Å². The first-order valence-corrected chi connectivity index (χ1v) is 10.0. The summed E-state index contributed by atoms with van der Waals surface area (Å²) in [7, 11) is 0. The molecule has 0 saturated carbocycles. The molecule has 1 saturated heterocycles. The molecule has 1 aliphatic rings. The highest BCUT2D eigenvalue weighted by molar-refractivity contribution is 5.99. The maximum Gasteiger partial charge on any atom is 0.269 e. The van der Waals surface area contributed by atoms with Crippen LogP contribution in [0, 0.1) is 10.1 Å². The SMILES string of the molecule is C/C(=N/Nc1nc(Nc2ccccc2)nc(N2CCOCC2)n1)c1ccc([N+](=O)[O-])cc1. The molecule has 1 aromatic heterocycles. The number of hydrogen-bond donors (Lipinski definition) is 2. The minimum Gasteiger partial charge on any atom is -0.378 e. The van der Waals surface area contributed by atoms with Crippen molar-refractivity contribution in [2.45, 2.75) is 6.92 Å². The fraction of sp³-hybridized carbons (Fsp3) is 0.238.